The van der Waals surface area contributed by atoms with Gasteiger partial charge in [-0.1, -0.05) is 0 Å². The van der Waals surface area contributed by atoms with E-state index in [-0.39, 0.29) is 22.4 Å². The van der Waals surface area contributed by atoms with Crippen LogP contribution >= 0.6 is 0 Å². The van der Waals surface area contributed by atoms with Crippen molar-refractivity contribution in [3.05, 3.63) is 70.8 Å². The number of fused-ring (bicyclic) bond motifs is 2. The predicted octanol–water partition coefficient (Wildman–Crippen LogP) is 1.86. The second-order valence-corrected chi connectivity index (χ2v) is 9.96. The Hall–Kier alpha value is -3.78. The van der Waals surface area contributed by atoms with Crippen LogP contribution in [0, 0.1) is 0 Å². The molecule has 170 valence electrons. The Morgan fingerprint density at radius 2 is 1.33 bits per heavy atom. The minimum absolute atomic E-state index is 0.183. The zero-order chi connectivity index (χ0) is 24.3. The minimum Gasteiger partial charge on any atom is -0.399 e. The smallest absolute Gasteiger partial charge is 0.296 e. The van der Waals surface area contributed by atoms with E-state index in [4.69, 9.17) is 11.5 Å². The van der Waals surface area contributed by atoms with Crippen LogP contribution < -0.4 is 16.8 Å². The van der Waals surface area contributed by atoms with Gasteiger partial charge in [0.15, 0.2) is 11.6 Å². The van der Waals surface area contributed by atoms with Crippen molar-refractivity contribution in [3.63, 3.8) is 0 Å². The van der Waals surface area contributed by atoms with Gasteiger partial charge in [0.1, 0.15) is 4.90 Å². The third-order valence-electron chi connectivity index (χ3n) is 5.03. The van der Waals surface area contributed by atoms with Gasteiger partial charge in [0.05, 0.1) is 27.4 Å². The van der Waals surface area contributed by atoms with E-state index >= 15 is 0 Å². The van der Waals surface area contributed by atoms with Gasteiger partial charge in [-0.25, -0.2) is 0 Å². The fraction of sp³-hybridized carbons (Fsp3) is 0. The molecule has 13 heteroatoms. The van der Waals surface area contributed by atoms with Crippen LogP contribution in [-0.4, -0.2) is 37.5 Å². The number of carbonyl (C=O) groups is 2. The number of carbonyl (C=O) groups excluding carboxylic acids is 2. The van der Waals surface area contributed by atoms with Gasteiger partial charge < -0.3 is 16.8 Å². The summed E-state index contributed by atoms with van der Waals surface area (Å²) >= 11 is 0. The maximum absolute atomic E-state index is 13.4. The second kappa shape index (κ2) is 7.38. The molecule has 7 N–H and O–H groups in total. The molecule has 33 heavy (non-hydrogen) atoms. The van der Waals surface area contributed by atoms with Crippen LogP contribution in [0.2, 0.25) is 0 Å². The fourth-order valence-corrected chi connectivity index (χ4v) is 4.67. The van der Waals surface area contributed by atoms with Crippen LogP contribution in [0.3, 0.4) is 0 Å². The van der Waals surface area contributed by atoms with Crippen molar-refractivity contribution >= 4 is 54.6 Å². The summed E-state index contributed by atoms with van der Waals surface area (Å²) < 4.78 is 65.8. The molecule has 3 aromatic carbocycles. The molecule has 1 aliphatic rings. The highest BCUT2D eigenvalue weighted by atomic mass is 32.2. The zero-order valence-electron chi connectivity index (χ0n) is 16.4. The average Bonchev–Trinajstić information content (AvgIpc) is 2.72. The van der Waals surface area contributed by atoms with Gasteiger partial charge in [-0.3, -0.25) is 18.7 Å². The molecule has 1 aliphatic carbocycles. The van der Waals surface area contributed by atoms with Crippen molar-refractivity contribution in [3.8, 4) is 0 Å². The maximum Gasteiger partial charge on any atom is 0.296 e. The Kier molecular flexibility index (Phi) is 5.01. The first-order chi connectivity index (χ1) is 15.3. The third kappa shape index (κ3) is 3.82. The molecule has 11 nitrogen and oxygen atoms in total. The van der Waals surface area contributed by atoms with Gasteiger partial charge in [0.2, 0.25) is 0 Å². The van der Waals surface area contributed by atoms with Crippen molar-refractivity contribution in [1.82, 2.24) is 0 Å². The largest absolute Gasteiger partial charge is 0.399 e. The number of nitrogens with two attached hydrogens (primary N) is 2. The van der Waals surface area contributed by atoms with E-state index in [0.29, 0.717) is 11.4 Å². The number of nitrogens with one attached hydrogen (secondary N) is 1. The van der Waals surface area contributed by atoms with Crippen molar-refractivity contribution in [2.75, 3.05) is 16.8 Å². The molecule has 0 radical (unpaired) electrons. The lowest BCUT2D eigenvalue weighted by molar-refractivity contribution is 0.0980. The molecule has 0 bridgehead atoms. The summed E-state index contributed by atoms with van der Waals surface area (Å²) in [7, 11) is -9.57. The van der Waals surface area contributed by atoms with Gasteiger partial charge in [-0.2, -0.15) is 16.8 Å². The summed E-state index contributed by atoms with van der Waals surface area (Å²) in [6.45, 7) is 0. The van der Waals surface area contributed by atoms with E-state index in [2.05, 4.69) is 5.32 Å². The molecule has 0 fully saturated rings. The molecule has 3 aromatic rings. The van der Waals surface area contributed by atoms with Crippen molar-refractivity contribution in [2.45, 2.75) is 9.79 Å². The molecule has 0 heterocycles. The predicted molar refractivity (Wildman–Crippen MR) is 118 cm³/mol. The monoisotopic (exact) mass is 489 g/mol. The SMILES string of the molecule is Nc1ccc(Nc2cc(S(=O)(=O)O)c(N)c3c2C(=O)c2cc(S(=O)(=O)O)ccc2C3=O)cc1. The standard InChI is InChI=1S/C20H15N3O8S2/c21-9-1-3-10(4-2-9)23-14-8-15(33(29,30)31)18(22)17-16(14)20(25)13-7-11(32(26,27)28)5-6-12(13)19(17)24/h1-8,23H,21-22H2,(H,26,27,28)(H,29,30,31). The minimum atomic E-state index is -4.89. The van der Waals surface area contributed by atoms with Crippen molar-refractivity contribution in [2.24, 2.45) is 0 Å². The van der Waals surface area contributed by atoms with Crippen LogP contribution in [0.5, 0.6) is 0 Å². The Balaban J connectivity index is 2.02. The highest BCUT2D eigenvalue weighted by Crippen LogP contribution is 2.40. The number of nitrogen functional groups attached to an aromatic ring is 2. The third-order valence-corrected chi connectivity index (χ3v) is 6.77. The van der Waals surface area contributed by atoms with E-state index in [1.54, 1.807) is 0 Å². The second-order valence-electron chi connectivity index (χ2n) is 7.15. The molecule has 0 atom stereocenters. The number of rotatable bonds is 4. The van der Waals surface area contributed by atoms with E-state index in [1.165, 1.54) is 24.3 Å². The quantitative estimate of drug-likeness (QED) is 0.206. The average molecular weight is 489 g/mol. The summed E-state index contributed by atoms with van der Waals surface area (Å²) in [4.78, 5) is 25.2. The van der Waals surface area contributed by atoms with E-state index in [1.807, 2.05) is 0 Å². The first-order valence-corrected chi connectivity index (χ1v) is 11.9. The number of anilines is 4. The van der Waals surface area contributed by atoms with Crippen LogP contribution in [0.1, 0.15) is 31.8 Å². The van der Waals surface area contributed by atoms with E-state index in [9.17, 15) is 35.5 Å². The Labute approximate surface area is 187 Å². The first kappa shape index (κ1) is 22.4. The van der Waals surface area contributed by atoms with E-state index in [0.717, 1.165) is 24.3 Å². The molecular weight excluding hydrogens is 474 g/mol. The summed E-state index contributed by atoms with van der Waals surface area (Å²) in [6, 6.07) is 9.74. The van der Waals surface area contributed by atoms with Gasteiger partial charge in [-0.15, -0.1) is 0 Å². The van der Waals surface area contributed by atoms with Crippen molar-refractivity contribution < 1.29 is 35.5 Å². The summed E-state index contributed by atoms with van der Waals surface area (Å²) in [5.74, 6) is -1.72. The zero-order valence-corrected chi connectivity index (χ0v) is 18.1. The lowest BCUT2D eigenvalue weighted by atomic mass is 9.82. The van der Waals surface area contributed by atoms with Crippen LogP contribution in [0.25, 0.3) is 0 Å². The molecule has 0 amide bonds. The maximum atomic E-state index is 13.4. The molecular formula is C20H15N3O8S2. The highest BCUT2D eigenvalue weighted by molar-refractivity contribution is 7.86. The number of benzene rings is 3. The number of hydrogen-bond donors (Lipinski definition) is 5. The fourth-order valence-electron chi connectivity index (χ4n) is 3.52. The Morgan fingerprint density at radius 1 is 0.727 bits per heavy atom. The molecule has 0 saturated heterocycles. The lowest BCUT2D eigenvalue weighted by Crippen LogP contribution is -2.25. The molecule has 0 aromatic heterocycles. The molecule has 0 aliphatic heterocycles. The molecule has 0 unspecified atom stereocenters. The Morgan fingerprint density at radius 3 is 1.91 bits per heavy atom. The number of ketones is 2. The van der Waals surface area contributed by atoms with E-state index < -0.39 is 52.8 Å². The van der Waals surface area contributed by atoms with Gasteiger partial charge in [0.25, 0.3) is 20.2 Å². The lowest BCUT2D eigenvalue weighted by Gasteiger charge is -2.24. The first-order valence-electron chi connectivity index (χ1n) is 9.06. The van der Waals surface area contributed by atoms with Crippen LogP contribution in [-0.2, 0) is 20.2 Å². The van der Waals surface area contributed by atoms with Gasteiger partial charge >= 0.3 is 0 Å². The van der Waals surface area contributed by atoms with Gasteiger partial charge in [0, 0.05) is 22.5 Å². The Bertz CT molecular complexity index is 1580. The molecule has 0 spiro atoms. The summed E-state index contributed by atoms with van der Waals surface area (Å²) in [5.41, 5.74) is 10.1. The van der Waals surface area contributed by atoms with Crippen molar-refractivity contribution in [1.29, 1.82) is 0 Å². The highest BCUT2D eigenvalue weighted by Gasteiger charge is 2.37. The molecule has 4 rings (SSSR count). The summed E-state index contributed by atoms with van der Waals surface area (Å²) in [5, 5.41) is 2.80. The number of hydrogen-bond acceptors (Lipinski definition) is 9. The molecule has 0 saturated carbocycles. The van der Waals surface area contributed by atoms with Crippen LogP contribution in [0.4, 0.5) is 22.7 Å². The topological polar surface area (TPSA) is 207 Å². The van der Waals surface area contributed by atoms with Gasteiger partial charge in [-0.05, 0) is 48.5 Å². The normalized spacial score (nSPS) is 13.4. The van der Waals surface area contributed by atoms with Crippen LogP contribution in [0.15, 0.2) is 58.3 Å². The summed E-state index contributed by atoms with van der Waals surface area (Å²) in [6.07, 6.45) is 0.